The SMILES string of the molecule is O=C(NC1CC1)C1COCCN1S(=O)(=O)CCCCl. The number of carbonyl (C=O) groups is 1. The molecule has 1 heterocycles. The number of halogens is 1. The van der Waals surface area contributed by atoms with Crippen molar-refractivity contribution in [2.45, 2.75) is 31.3 Å². The molecule has 0 aromatic rings. The Morgan fingerprint density at radius 1 is 1.42 bits per heavy atom. The molecule has 0 aromatic carbocycles. The molecule has 0 aromatic heterocycles. The average molecular weight is 311 g/mol. The van der Waals surface area contributed by atoms with Gasteiger partial charge < -0.3 is 10.1 Å². The Labute approximate surface area is 118 Å². The summed E-state index contributed by atoms with van der Waals surface area (Å²) in [5.74, 6) is 0.0170. The van der Waals surface area contributed by atoms with Gasteiger partial charge in [-0.05, 0) is 19.3 Å². The Morgan fingerprint density at radius 2 is 2.16 bits per heavy atom. The normalized spacial score (nSPS) is 25.2. The number of amides is 1. The first-order valence-corrected chi connectivity index (χ1v) is 8.62. The molecule has 6 nitrogen and oxygen atoms in total. The van der Waals surface area contributed by atoms with E-state index in [0.29, 0.717) is 18.9 Å². The van der Waals surface area contributed by atoms with Gasteiger partial charge in [0.15, 0.2) is 0 Å². The number of nitrogens with one attached hydrogen (secondary N) is 1. The van der Waals surface area contributed by atoms with E-state index < -0.39 is 16.1 Å². The second kappa shape index (κ2) is 6.39. The molecule has 1 saturated heterocycles. The molecule has 1 atom stereocenters. The lowest BCUT2D eigenvalue weighted by Gasteiger charge is -2.33. The van der Waals surface area contributed by atoms with E-state index in [4.69, 9.17) is 16.3 Å². The third kappa shape index (κ3) is 4.05. The minimum Gasteiger partial charge on any atom is -0.378 e. The number of sulfonamides is 1. The van der Waals surface area contributed by atoms with Crippen molar-refractivity contribution in [3.05, 3.63) is 0 Å². The highest BCUT2D eigenvalue weighted by Crippen LogP contribution is 2.20. The monoisotopic (exact) mass is 310 g/mol. The number of hydrogen-bond acceptors (Lipinski definition) is 4. The maximum Gasteiger partial charge on any atom is 0.241 e. The van der Waals surface area contributed by atoms with Crippen molar-refractivity contribution in [1.82, 2.24) is 9.62 Å². The molecule has 2 fully saturated rings. The highest BCUT2D eigenvalue weighted by molar-refractivity contribution is 7.89. The molecule has 2 aliphatic rings. The lowest BCUT2D eigenvalue weighted by Crippen LogP contribution is -2.56. The van der Waals surface area contributed by atoms with Crippen LogP contribution in [0.15, 0.2) is 0 Å². The summed E-state index contributed by atoms with van der Waals surface area (Å²) in [5, 5.41) is 2.83. The van der Waals surface area contributed by atoms with Gasteiger partial charge in [0.05, 0.1) is 19.0 Å². The van der Waals surface area contributed by atoms with Gasteiger partial charge in [0.1, 0.15) is 6.04 Å². The quantitative estimate of drug-likeness (QED) is 0.697. The lowest BCUT2D eigenvalue weighted by atomic mass is 10.2. The van der Waals surface area contributed by atoms with Crippen molar-refractivity contribution in [3.8, 4) is 0 Å². The van der Waals surface area contributed by atoms with Crippen molar-refractivity contribution in [3.63, 3.8) is 0 Å². The van der Waals surface area contributed by atoms with Crippen LogP contribution in [-0.2, 0) is 19.6 Å². The van der Waals surface area contributed by atoms with E-state index in [2.05, 4.69) is 5.32 Å². The van der Waals surface area contributed by atoms with Gasteiger partial charge in [-0.3, -0.25) is 4.79 Å². The van der Waals surface area contributed by atoms with Gasteiger partial charge in [-0.1, -0.05) is 0 Å². The van der Waals surface area contributed by atoms with E-state index >= 15 is 0 Å². The van der Waals surface area contributed by atoms with Crippen molar-refractivity contribution in [2.24, 2.45) is 0 Å². The molecule has 1 aliphatic heterocycles. The molecule has 1 amide bonds. The van der Waals surface area contributed by atoms with Crippen LogP contribution in [0.3, 0.4) is 0 Å². The van der Waals surface area contributed by atoms with Gasteiger partial charge >= 0.3 is 0 Å². The predicted molar refractivity (Wildman–Crippen MR) is 71.6 cm³/mol. The summed E-state index contributed by atoms with van der Waals surface area (Å²) in [4.78, 5) is 12.1. The summed E-state index contributed by atoms with van der Waals surface area (Å²) < 4.78 is 30.9. The van der Waals surface area contributed by atoms with Gasteiger partial charge in [-0.15, -0.1) is 11.6 Å². The number of morpholine rings is 1. The highest BCUT2D eigenvalue weighted by Gasteiger charge is 2.38. The zero-order valence-corrected chi connectivity index (χ0v) is 12.3. The first kappa shape index (κ1) is 15.0. The highest BCUT2D eigenvalue weighted by atomic mass is 35.5. The Kier molecular flexibility index (Phi) is 5.05. The van der Waals surface area contributed by atoms with Crippen molar-refractivity contribution < 1.29 is 17.9 Å². The maximum absolute atomic E-state index is 12.2. The third-order valence-corrected chi connectivity index (χ3v) is 5.42. The Bertz CT molecular complexity index is 424. The number of alkyl halides is 1. The molecule has 1 saturated carbocycles. The van der Waals surface area contributed by atoms with E-state index in [0.717, 1.165) is 12.8 Å². The molecule has 1 N–H and O–H groups in total. The van der Waals surface area contributed by atoms with Crippen LogP contribution in [-0.4, -0.2) is 62.1 Å². The van der Waals surface area contributed by atoms with Crippen LogP contribution < -0.4 is 5.32 Å². The number of hydrogen-bond donors (Lipinski definition) is 1. The maximum atomic E-state index is 12.2. The molecule has 1 unspecified atom stereocenters. The van der Waals surface area contributed by atoms with E-state index in [1.807, 2.05) is 0 Å². The van der Waals surface area contributed by atoms with Gasteiger partial charge in [0.2, 0.25) is 15.9 Å². The fourth-order valence-corrected chi connectivity index (χ4v) is 3.94. The smallest absolute Gasteiger partial charge is 0.241 e. The largest absolute Gasteiger partial charge is 0.378 e. The second-order valence-electron chi connectivity index (χ2n) is 4.84. The van der Waals surface area contributed by atoms with Crippen LogP contribution in [0.1, 0.15) is 19.3 Å². The van der Waals surface area contributed by atoms with Crippen LogP contribution >= 0.6 is 11.6 Å². The number of nitrogens with zero attached hydrogens (tertiary/aromatic N) is 1. The summed E-state index contributed by atoms with van der Waals surface area (Å²) >= 11 is 5.54. The molecule has 0 radical (unpaired) electrons. The summed E-state index contributed by atoms with van der Waals surface area (Å²) in [6, 6.07) is -0.531. The first-order valence-electron chi connectivity index (χ1n) is 6.48. The molecular weight excluding hydrogens is 292 g/mol. The van der Waals surface area contributed by atoms with E-state index in [1.54, 1.807) is 0 Å². The van der Waals surface area contributed by atoms with Gasteiger partial charge in [0, 0.05) is 18.5 Å². The molecule has 110 valence electrons. The summed E-state index contributed by atoms with van der Waals surface area (Å²) in [6.45, 7) is 0.680. The molecule has 19 heavy (non-hydrogen) atoms. The van der Waals surface area contributed by atoms with Crippen molar-refractivity contribution in [2.75, 3.05) is 31.4 Å². The van der Waals surface area contributed by atoms with E-state index in [1.165, 1.54) is 4.31 Å². The average Bonchev–Trinajstić information content (AvgIpc) is 3.20. The minimum atomic E-state index is -3.45. The minimum absolute atomic E-state index is 0.0241. The van der Waals surface area contributed by atoms with Crippen LogP contribution in [0.5, 0.6) is 0 Å². The predicted octanol–water partition coefficient (Wildman–Crippen LogP) is -0.0755. The van der Waals surface area contributed by atoms with Crippen LogP contribution in [0.2, 0.25) is 0 Å². The van der Waals surface area contributed by atoms with Gasteiger partial charge in [-0.2, -0.15) is 4.31 Å². The Balaban J connectivity index is 2.03. The van der Waals surface area contributed by atoms with Crippen LogP contribution in [0.25, 0.3) is 0 Å². The molecule has 2 rings (SSSR count). The fraction of sp³-hybridized carbons (Fsp3) is 0.909. The van der Waals surface area contributed by atoms with Crippen LogP contribution in [0.4, 0.5) is 0 Å². The van der Waals surface area contributed by atoms with E-state index in [9.17, 15) is 13.2 Å². The van der Waals surface area contributed by atoms with E-state index in [-0.39, 0.29) is 30.9 Å². The summed E-state index contributed by atoms with van der Waals surface area (Å²) in [5.41, 5.74) is 0. The zero-order chi connectivity index (χ0) is 13.9. The second-order valence-corrected chi connectivity index (χ2v) is 7.26. The number of ether oxygens (including phenoxy) is 1. The molecular formula is C11H19ClN2O4S. The number of rotatable bonds is 6. The standard InChI is InChI=1S/C11H19ClN2O4S/c12-4-1-7-19(16,17)14-5-6-18-8-10(14)11(15)13-9-2-3-9/h9-10H,1-8H2,(H,13,15). The Hall–Kier alpha value is -0.370. The fourth-order valence-electron chi connectivity index (χ4n) is 2.01. The zero-order valence-electron chi connectivity index (χ0n) is 10.7. The molecule has 1 aliphatic carbocycles. The topological polar surface area (TPSA) is 75.7 Å². The first-order chi connectivity index (χ1) is 9.04. The van der Waals surface area contributed by atoms with Gasteiger partial charge in [-0.25, -0.2) is 8.42 Å². The Morgan fingerprint density at radius 3 is 2.79 bits per heavy atom. The third-order valence-electron chi connectivity index (χ3n) is 3.20. The van der Waals surface area contributed by atoms with Gasteiger partial charge in [0.25, 0.3) is 0 Å². The van der Waals surface area contributed by atoms with Crippen molar-refractivity contribution >= 4 is 27.5 Å². The molecule has 8 heteroatoms. The van der Waals surface area contributed by atoms with Crippen molar-refractivity contribution in [1.29, 1.82) is 0 Å². The summed E-state index contributed by atoms with van der Waals surface area (Å²) in [6.07, 6.45) is 2.33. The summed E-state index contributed by atoms with van der Waals surface area (Å²) in [7, 11) is -3.45. The molecule has 0 spiro atoms. The number of carbonyl (C=O) groups excluding carboxylic acids is 1. The van der Waals surface area contributed by atoms with Crippen LogP contribution in [0, 0.1) is 0 Å². The molecule has 0 bridgehead atoms. The lowest BCUT2D eigenvalue weighted by molar-refractivity contribution is -0.129.